The first-order valence-electron chi connectivity index (χ1n) is 10.1. The molecule has 3 aromatic heterocycles. The van der Waals surface area contributed by atoms with E-state index in [1.54, 1.807) is 28.8 Å². The highest BCUT2D eigenvalue weighted by atomic mass is 32.2. The molecule has 1 N–H and O–H groups in total. The van der Waals surface area contributed by atoms with Crippen LogP contribution in [0.4, 0.5) is 5.82 Å². The fourth-order valence-corrected chi connectivity index (χ4v) is 7.29. The molecule has 1 fully saturated rings. The molecule has 9 heteroatoms. The Balaban J connectivity index is 1.40. The summed E-state index contributed by atoms with van der Waals surface area (Å²) in [5.74, 6) is 1.70. The van der Waals surface area contributed by atoms with Gasteiger partial charge in [-0.25, -0.2) is 23.1 Å². The van der Waals surface area contributed by atoms with Crippen molar-refractivity contribution in [2.45, 2.75) is 30.0 Å². The van der Waals surface area contributed by atoms with Crippen LogP contribution < -0.4 is 9.62 Å². The van der Waals surface area contributed by atoms with E-state index in [1.807, 2.05) is 25.1 Å². The van der Waals surface area contributed by atoms with Gasteiger partial charge < -0.3 is 4.90 Å². The lowest BCUT2D eigenvalue weighted by Gasteiger charge is -2.33. The number of nitrogens with one attached hydrogen (secondary N) is 1. The van der Waals surface area contributed by atoms with Gasteiger partial charge in [-0.05, 0) is 36.8 Å². The van der Waals surface area contributed by atoms with Crippen LogP contribution in [0.3, 0.4) is 0 Å². The molecule has 4 aromatic rings. The Kier molecular flexibility index (Phi) is 5.51. The number of aryl methyl sites for hydroxylation is 1. The Morgan fingerprint density at radius 3 is 2.52 bits per heavy atom. The number of aromatic nitrogens is 2. The largest absolute Gasteiger partial charge is 0.356 e. The summed E-state index contributed by atoms with van der Waals surface area (Å²) < 4.78 is 28.4. The van der Waals surface area contributed by atoms with Crippen LogP contribution in [0.5, 0.6) is 0 Å². The zero-order chi connectivity index (χ0) is 21.4. The Hall–Kier alpha value is -2.33. The molecule has 1 aromatic carbocycles. The van der Waals surface area contributed by atoms with E-state index in [-0.39, 0.29) is 6.04 Å². The number of piperidine rings is 1. The number of hydrogen-bond acceptors (Lipinski definition) is 7. The molecule has 0 unspecified atom stereocenters. The quantitative estimate of drug-likeness (QED) is 0.459. The smallest absolute Gasteiger partial charge is 0.250 e. The minimum Gasteiger partial charge on any atom is -0.356 e. The molecular weight excluding hydrogens is 448 g/mol. The minimum atomic E-state index is -3.45. The SMILES string of the molecule is Cc1nc(N2CCC(NS(=O)(=O)c3cccs3)CC2)c2c(-c3ccccc3)csc2n1. The molecule has 0 aliphatic carbocycles. The second kappa shape index (κ2) is 8.31. The van der Waals surface area contributed by atoms with Gasteiger partial charge in [-0.1, -0.05) is 36.4 Å². The van der Waals surface area contributed by atoms with Crippen molar-refractivity contribution < 1.29 is 8.42 Å². The van der Waals surface area contributed by atoms with Gasteiger partial charge in [0, 0.05) is 30.1 Å². The number of thiophene rings is 2. The molecule has 1 saturated heterocycles. The van der Waals surface area contributed by atoms with Crippen LogP contribution in [0, 0.1) is 6.92 Å². The highest BCUT2D eigenvalue weighted by Gasteiger charge is 2.27. The molecule has 31 heavy (non-hydrogen) atoms. The molecule has 0 spiro atoms. The van der Waals surface area contributed by atoms with E-state index in [4.69, 9.17) is 4.98 Å². The molecule has 160 valence electrons. The molecule has 0 amide bonds. The standard InChI is InChI=1S/C22H22N4O2S3/c1-15-23-21(20-18(14-30-22(20)24-15)16-6-3-2-4-7-16)26-11-9-17(10-12-26)25-31(27,28)19-8-5-13-29-19/h2-8,13-14,17,25H,9-12H2,1H3. The van der Waals surface area contributed by atoms with Crippen molar-refractivity contribution in [1.29, 1.82) is 0 Å². The Morgan fingerprint density at radius 2 is 1.81 bits per heavy atom. The highest BCUT2D eigenvalue weighted by molar-refractivity contribution is 7.91. The average molecular weight is 471 g/mol. The van der Waals surface area contributed by atoms with Crippen LogP contribution in [0.25, 0.3) is 21.3 Å². The van der Waals surface area contributed by atoms with Gasteiger partial charge in [-0.2, -0.15) is 0 Å². The van der Waals surface area contributed by atoms with Gasteiger partial charge >= 0.3 is 0 Å². The van der Waals surface area contributed by atoms with Gasteiger partial charge in [0.15, 0.2) is 0 Å². The molecule has 1 aliphatic rings. The number of nitrogens with zero attached hydrogens (tertiary/aromatic N) is 3. The molecule has 0 saturated carbocycles. The van der Waals surface area contributed by atoms with E-state index in [1.165, 1.54) is 11.3 Å². The van der Waals surface area contributed by atoms with E-state index in [0.29, 0.717) is 4.21 Å². The zero-order valence-corrected chi connectivity index (χ0v) is 19.4. The van der Waals surface area contributed by atoms with Crippen LogP contribution in [-0.2, 0) is 10.0 Å². The molecule has 0 bridgehead atoms. The number of hydrogen-bond donors (Lipinski definition) is 1. The van der Waals surface area contributed by atoms with E-state index in [0.717, 1.165) is 58.9 Å². The molecule has 5 rings (SSSR count). The number of sulfonamides is 1. The molecule has 0 radical (unpaired) electrons. The highest BCUT2D eigenvalue weighted by Crippen LogP contribution is 2.39. The van der Waals surface area contributed by atoms with Crippen LogP contribution in [0.1, 0.15) is 18.7 Å². The molecule has 6 nitrogen and oxygen atoms in total. The van der Waals surface area contributed by atoms with Crippen LogP contribution in [0.2, 0.25) is 0 Å². The lowest BCUT2D eigenvalue weighted by Crippen LogP contribution is -2.44. The third-order valence-electron chi connectivity index (χ3n) is 5.49. The normalized spacial score (nSPS) is 15.6. The topological polar surface area (TPSA) is 75.2 Å². The number of benzene rings is 1. The number of rotatable bonds is 5. The van der Waals surface area contributed by atoms with Crippen LogP contribution in [-0.4, -0.2) is 37.5 Å². The summed E-state index contributed by atoms with van der Waals surface area (Å²) in [5.41, 5.74) is 2.30. The molecule has 4 heterocycles. The Labute approximate surface area is 189 Å². The monoisotopic (exact) mass is 470 g/mol. The molecule has 0 atom stereocenters. The Bertz CT molecular complexity index is 1290. The summed E-state index contributed by atoms with van der Waals surface area (Å²) in [4.78, 5) is 12.7. The summed E-state index contributed by atoms with van der Waals surface area (Å²) in [6.45, 7) is 3.41. The second-order valence-corrected chi connectivity index (χ2v) is 11.4. The van der Waals surface area contributed by atoms with Crippen molar-refractivity contribution in [3.05, 3.63) is 59.0 Å². The third kappa shape index (κ3) is 4.10. The number of anilines is 1. The van der Waals surface area contributed by atoms with Gasteiger partial charge in [0.05, 0.1) is 5.39 Å². The summed E-state index contributed by atoms with van der Waals surface area (Å²) in [6, 6.07) is 13.6. The van der Waals surface area contributed by atoms with E-state index in [9.17, 15) is 8.42 Å². The fraction of sp³-hybridized carbons (Fsp3) is 0.273. The van der Waals surface area contributed by atoms with E-state index in [2.05, 4.69) is 32.1 Å². The maximum atomic E-state index is 12.6. The van der Waals surface area contributed by atoms with Gasteiger partial charge in [-0.3, -0.25) is 0 Å². The predicted octanol–water partition coefficient (Wildman–Crippen LogP) is 4.68. The predicted molar refractivity (Wildman–Crippen MR) is 127 cm³/mol. The van der Waals surface area contributed by atoms with Crippen molar-refractivity contribution >= 4 is 48.7 Å². The van der Waals surface area contributed by atoms with Crippen molar-refractivity contribution in [1.82, 2.24) is 14.7 Å². The third-order valence-corrected chi connectivity index (χ3v) is 9.28. The minimum absolute atomic E-state index is 0.0714. The van der Waals surface area contributed by atoms with Gasteiger partial charge in [0.2, 0.25) is 10.0 Å². The summed E-state index contributed by atoms with van der Waals surface area (Å²) in [7, 11) is -3.45. The molecular formula is C22H22N4O2S3. The zero-order valence-electron chi connectivity index (χ0n) is 17.0. The number of fused-ring (bicyclic) bond motifs is 1. The lowest BCUT2D eigenvalue weighted by atomic mass is 10.0. The second-order valence-electron chi connectivity index (χ2n) is 7.60. The first kappa shape index (κ1) is 20.6. The first-order chi connectivity index (χ1) is 15.0. The van der Waals surface area contributed by atoms with Crippen LogP contribution in [0.15, 0.2) is 57.4 Å². The summed E-state index contributed by atoms with van der Waals surface area (Å²) in [6.07, 6.45) is 1.47. The van der Waals surface area contributed by atoms with Gasteiger partial charge in [0.1, 0.15) is 20.7 Å². The van der Waals surface area contributed by atoms with Crippen molar-refractivity contribution in [2.75, 3.05) is 18.0 Å². The fourth-order valence-electron chi connectivity index (χ4n) is 3.99. The maximum Gasteiger partial charge on any atom is 0.250 e. The lowest BCUT2D eigenvalue weighted by molar-refractivity contribution is 0.459. The van der Waals surface area contributed by atoms with Crippen molar-refractivity contribution in [3.8, 4) is 11.1 Å². The van der Waals surface area contributed by atoms with Gasteiger partial charge in [-0.15, -0.1) is 22.7 Å². The van der Waals surface area contributed by atoms with Gasteiger partial charge in [0.25, 0.3) is 0 Å². The summed E-state index contributed by atoms with van der Waals surface area (Å²) in [5, 5.41) is 5.02. The summed E-state index contributed by atoms with van der Waals surface area (Å²) >= 11 is 2.88. The van der Waals surface area contributed by atoms with Crippen LogP contribution >= 0.6 is 22.7 Å². The first-order valence-corrected chi connectivity index (χ1v) is 13.4. The Morgan fingerprint density at radius 1 is 1.03 bits per heavy atom. The average Bonchev–Trinajstić information content (AvgIpc) is 3.45. The van der Waals surface area contributed by atoms with Crippen molar-refractivity contribution in [2.24, 2.45) is 0 Å². The van der Waals surface area contributed by atoms with Crippen molar-refractivity contribution in [3.63, 3.8) is 0 Å². The van der Waals surface area contributed by atoms with E-state index < -0.39 is 10.0 Å². The van der Waals surface area contributed by atoms with E-state index >= 15 is 0 Å². The molecule has 1 aliphatic heterocycles. The maximum absolute atomic E-state index is 12.6.